The summed E-state index contributed by atoms with van der Waals surface area (Å²) in [6.45, 7) is 1.60. The van der Waals surface area contributed by atoms with E-state index >= 15 is 0 Å². The summed E-state index contributed by atoms with van der Waals surface area (Å²) in [5.74, 6) is -1.45. The molecule has 0 bridgehead atoms. The number of benzene rings is 1. The molecule has 3 atom stereocenters. The molecule has 0 saturated carbocycles. The minimum Gasteiger partial charge on any atom is -0.337 e. The molecule has 1 saturated heterocycles. The number of likely N-dealkylation sites (N-methyl/N-ethyl adjacent to an activating group) is 1. The van der Waals surface area contributed by atoms with Gasteiger partial charge < -0.3 is 4.90 Å². The maximum Gasteiger partial charge on any atom is 0.242 e. The number of likely N-dealkylation sites (tertiary alicyclic amines) is 1. The van der Waals surface area contributed by atoms with Gasteiger partial charge in [0.2, 0.25) is 17.7 Å². The molecule has 3 amide bonds. The minimum atomic E-state index is -0.325. The van der Waals surface area contributed by atoms with Gasteiger partial charge in [-0.2, -0.15) is 0 Å². The third-order valence-corrected chi connectivity index (χ3v) is 5.84. The fourth-order valence-corrected chi connectivity index (χ4v) is 4.10. The van der Waals surface area contributed by atoms with Gasteiger partial charge >= 0.3 is 0 Å². The number of allylic oxidation sites excluding steroid dienone is 2. The Morgan fingerprint density at radius 3 is 2.31 bits per heavy atom. The number of fused-ring (bicyclic) bond motifs is 1. The quantitative estimate of drug-likeness (QED) is 0.580. The predicted molar refractivity (Wildman–Crippen MR) is 99.7 cm³/mol. The number of nitrogens with zero attached hydrogens (tertiary/aromatic N) is 2. The smallest absolute Gasteiger partial charge is 0.242 e. The van der Waals surface area contributed by atoms with Crippen LogP contribution < -0.4 is 0 Å². The zero-order valence-corrected chi connectivity index (χ0v) is 16.1. The minimum absolute atomic E-state index is 0.239. The number of rotatable bonds is 4. The van der Waals surface area contributed by atoms with E-state index in [0.29, 0.717) is 22.9 Å². The normalized spacial score (nSPS) is 23.2. The van der Waals surface area contributed by atoms with E-state index < -0.39 is 0 Å². The lowest BCUT2D eigenvalue weighted by molar-refractivity contribution is -0.146. The first kappa shape index (κ1) is 18.9. The van der Waals surface area contributed by atoms with Crippen molar-refractivity contribution < 1.29 is 14.4 Å². The van der Waals surface area contributed by atoms with Crippen LogP contribution in [0.1, 0.15) is 31.4 Å². The van der Waals surface area contributed by atoms with Crippen LogP contribution in [-0.2, 0) is 14.4 Å². The van der Waals surface area contributed by atoms with Gasteiger partial charge in [-0.3, -0.25) is 19.3 Å². The van der Waals surface area contributed by atoms with Gasteiger partial charge in [0, 0.05) is 17.1 Å². The molecule has 0 N–H and O–H groups in total. The van der Waals surface area contributed by atoms with E-state index in [4.69, 9.17) is 23.2 Å². The van der Waals surface area contributed by atoms with Gasteiger partial charge in [0.1, 0.15) is 6.54 Å². The number of hydrogen-bond acceptors (Lipinski definition) is 3. The molecular weight excluding hydrogens is 375 g/mol. The zero-order chi connectivity index (χ0) is 19.0. The van der Waals surface area contributed by atoms with Gasteiger partial charge in [0.25, 0.3) is 0 Å². The number of hydrogen-bond donors (Lipinski definition) is 0. The molecule has 7 heteroatoms. The van der Waals surface area contributed by atoms with Crippen LogP contribution in [0.4, 0.5) is 0 Å². The summed E-state index contributed by atoms with van der Waals surface area (Å²) in [5, 5.41) is 0.986. The molecule has 0 aromatic heterocycles. The van der Waals surface area contributed by atoms with Crippen LogP contribution in [0.5, 0.6) is 0 Å². The second-order valence-corrected chi connectivity index (χ2v) is 7.61. The van der Waals surface area contributed by atoms with Crippen molar-refractivity contribution in [2.75, 3.05) is 13.6 Å². The molecule has 26 heavy (non-hydrogen) atoms. The fourth-order valence-electron chi connectivity index (χ4n) is 3.54. The van der Waals surface area contributed by atoms with Crippen LogP contribution in [0, 0.1) is 11.8 Å². The largest absolute Gasteiger partial charge is 0.337 e. The SMILES string of the molecule is CC(c1ccc(Cl)cc1Cl)N(C)C(=O)CN1C(=O)C2CC=CCC2C1=O. The van der Waals surface area contributed by atoms with Gasteiger partial charge in [0.15, 0.2) is 0 Å². The summed E-state index contributed by atoms with van der Waals surface area (Å²) in [6, 6.07) is 4.79. The molecule has 5 nitrogen and oxygen atoms in total. The Kier molecular flexibility index (Phi) is 5.39. The lowest BCUT2D eigenvalue weighted by Gasteiger charge is -2.27. The summed E-state index contributed by atoms with van der Waals surface area (Å²) < 4.78 is 0. The molecule has 1 aliphatic carbocycles. The lowest BCUT2D eigenvalue weighted by atomic mass is 9.85. The molecule has 1 aromatic carbocycles. The maximum atomic E-state index is 12.7. The van der Waals surface area contributed by atoms with Crippen molar-refractivity contribution in [2.24, 2.45) is 11.8 Å². The maximum absolute atomic E-state index is 12.7. The highest BCUT2D eigenvalue weighted by molar-refractivity contribution is 6.35. The average molecular weight is 395 g/mol. The number of halogens is 2. The molecule has 2 aliphatic rings. The molecule has 0 spiro atoms. The van der Waals surface area contributed by atoms with Crippen LogP contribution in [0.3, 0.4) is 0 Å². The third kappa shape index (κ3) is 3.38. The molecular formula is C19H20Cl2N2O3. The molecule has 3 unspecified atom stereocenters. The second-order valence-electron chi connectivity index (χ2n) is 6.76. The summed E-state index contributed by atoms with van der Waals surface area (Å²) in [7, 11) is 1.64. The third-order valence-electron chi connectivity index (χ3n) is 5.28. The standard InChI is InChI=1S/C19H20Cl2N2O3/c1-11(13-8-7-12(20)9-16(13)21)22(2)17(24)10-23-18(25)14-5-3-4-6-15(14)19(23)26/h3-4,7-9,11,14-15H,5-6,10H2,1-2H3. The van der Waals surface area contributed by atoms with E-state index in [0.717, 1.165) is 10.5 Å². The zero-order valence-electron chi connectivity index (χ0n) is 14.6. The molecule has 0 radical (unpaired) electrons. The summed E-state index contributed by atoms with van der Waals surface area (Å²) >= 11 is 12.1. The lowest BCUT2D eigenvalue weighted by Crippen LogP contribution is -2.42. The first-order valence-corrected chi connectivity index (χ1v) is 9.27. The van der Waals surface area contributed by atoms with Crippen molar-refractivity contribution in [3.8, 4) is 0 Å². The van der Waals surface area contributed by atoms with Gasteiger partial charge in [-0.15, -0.1) is 0 Å². The molecule has 1 heterocycles. The first-order valence-electron chi connectivity index (χ1n) is 8.52. The van der Waals surface area contributed by atoms with Crippen molar-refractivity contribution in [2.45, 2.75) is 25.8 Å². The van der Waals surface area contributed by atoms with Crippen molar-refractivity contribution in [3.05, 3.63) is 46.0 Å². The number of imide groups is 1. The monoisotopic (exact) mass is 394 g/mol. The molecule has 138 valence electrons. The van der Waals surface area contributed by atoms with E-state index in [9.17, 15) is 14.4 Å². The average Bonchev–Trinajstić information content (AvgIpc) is 2.86. The van der Waals surface area contributed by atoms with Crippen LogP contribution >= 0.6 is 23.2 Å². The van der Waals surface area contributed by atoms with Gasteiger partial charge in [-0.1, -0.05) is 41.4 Å². The Morgan fingerprint density at radius 2 is 1.77 bits per heavy atom. The summed E-state index contributed by atoms with van der Waals surface area (Å²) in [6.07, 6.45) is 4.97. The highest BCUT2D eigenvalue weighted by Gasteiger charge is 2.47. The van der Waals surface area contributed by atoms with Crippen molar-refractivity contribution in [1.29, 1.82) is 0 Å². The first-order chi connectivity index (χ1) is 12.3. The highest BCUT2D eigenvalue weighted by Crippen LogP contribution is 2.35. The van der Waals surface area contributed by atoms with Crippen molar-refractivity contribution in [3.63, 3.8) is 0 Å². The van der Waals surface area contributed by atoms with Crippen molar-refractivity contribution >= 4 is 40.9 Å². The van der Waals surface area contributed by atoms with Gasteiger partial charge in [-0.25, -0.2) is 0 Å². The molecule has 1 aliphatic heterocycles. The Labute approximate surface area is 162 Å². The van der Waals surface area contributed by atoms with Crippen LogP contribution in [0.2, 0.25) is 10.0 Å². The van der Waals surface area contributed by atoms with E-state index in [1.54, 1.807) is 25.2 Å². The topological polar surface area (TPSA) is 57.7 Å². The van der Waals surface area contributed by atoms with E-state index in [1.807, 2.05) is 19.1 Å². The van der Waals surface area contributed by atoms with Crippen LogP contribution in [0.25, 0.3) is 0 Å². The Balaban J connectivity index is 1.71. The Hall–Kier alpha value is -1.85. The fraction of sp³-hybridized carbons (Fsp3) is 0.421. The predicted octanol–water partition coefficient (Wildman–Crippen LogP) is 3.46. The summed E-state index contributed by atoms with van der Waals surface area (Å²) in [4.78, 5) is 40.3. The van der Waals surface area contributed by atoms with E-state index in [1.165, 1.54) is 4.90 Å². The molecule has 3 rings (SSSR count). The highest BCUT2D eigenvalue weighted by atomic mass is 35.5. The van der Waals surface area contributed by atoms with E-state index in [2.05, 4.69) is 0 Å². The van der Waals surface area contributed by atoms with Crippen LogP contribution in [-0.4, -0.2) is 41.1 Å². The van der Waals surface area contributed by atoms with Crippen LogP contribution in [0.15, 0.2) is 30.4 Å². The Morgan fingerprint density at radius 1 is 1.19 bits per heavy atom. The van der Waals surface area contributed by atoms with Gasteiger partial charge in [-0.05, 0) is 37.5 Å². The molecule has 1 fully saturated rings. The van der Waals surface area contributed by atoms with E-state index in [-0.39, 0.29) is 42.1 Å². The number of carbonyl (C=O) groups is 3. The number of carbonyl (C=O) groups excluding carboxylic acids is 3. The Bertz CT molecular complexity index is 767. The number of amides is 3. The van der Waals surface area contributed by atoms with Crippen molar-refractivity contribution in [1.82, 2.24) is 9.80 Å². The second kappa shape index (κ2) is 7.41. The summed E-state index contributed by atoms with van der Waals surface area (Å²) in [5.41, 5.74) is 0.754. The molecule has 1 aromatic rings. The van der Waals surface area contributed by atoms with Gasteiger partial charge in [0.05, 0.1) is 17.9 Å².